The molecular weight excluding hydrogens is 228 g/mol. The van der Waals surface area contributed by atoms with Gasteiger partial charge in [0, 0.05) is 25.0 Å². The number of piperidine rings is 1. The van der Waals surface area contributed by atoms with Gasteiger partial charge in [-0.2, -0.15) is 4.98 Å². The summed E-state index contributed by atoms with van der Waals surface area (Å²) in [5, 5.41) is 7.73. The maximum absolute atomic E-state index is 5.31. The molecule has 0 radical (unpaired) electrons. The average Bonchev–Trinajstić information content (AvgIpc) is 2.99. The molecule has 2 saturated heterocycles. The van der Waals surface area contributed by atoms with Crippen LogP contribution in [0.25, 0.3) is 0 Å². The van der Waals surface area contributed by atoms with Gasteiger partial charge in [0.05, 0.1) is 6.54 Å². The van der Waals surface area contributed by atoms with E-state index in [1.165, 1.54) is 38.8 Å². The first kappa shape index (κ1) is 10.9. The predicted molar refractivity (Wildman–Crippen MR) is 66.1 cm³/mol. The summed E-state index contributed by atoms with van der Waals surface area (Å²) in [7, 11) is 0. The quantitative estimate of drug-likeness (QED) is 0.869. The third-order valence-electron chi connectivity index (χ3n) is 4.45. The zero-order valence-electron chi connectivity index (χ0n) is 10.6. The summed E-state index contributed by atoms with van der Waals surface area (Å²) in [6.07, 6.45) is 5.13. The van der Waals surface area contributed by atoms with E-state index in [9.17, 15) is 0 Å². The van der Waals surface area contributed by atoms with Crippen LogP contribution in [0.1, 0.15) is 43.3 Å². The van der Waals surface area contributed by atoms with E-state index in [4.69, 9.17) is 4.52 Å². The molecule has 98 valence electrons. The molecule has 0 spiro atoms. The van der Waals surface area contributed by atoms with E-state index in [0.717, 1.165) is 30.7 Å². The fourth-order valence-electron chi connectivity index (χ4n) is 3.29. The maximum atomic E-state index is 5.31. The van der Waals surface area contributed by atoms with Crippen LogP contribution in [0.4, 0.5) is 0 Å². The van der Waals surface area contributed by atoms with Crippen molar-refractivity contribution in [2.24, 2.45) is 5.92 Å². The third kappa shape index (κ3) is 2.06. The van der Waals surface area contributed by atoms with Gasteiger partial charge in [-0.25, -0.2) is 0 Å². The lowest BCUT2D eigenvalue weighted by Gasteiger charge is -2.24. The van der Waals surface area contributed by atoms with Gasteiger partial charge in [-0.1, -0.05) is 5.16 Å². The molecule has 1 aromatic heterocycles. The molecule has 2 atom stereocenters. The molecule has 0 unspecified atom stereocenters. The minimum atomic E-state index is 0.564. The maximum Gasteiger partial charge on any atom is 0.229 e. The first-order valence-electron chi connectivity index (χ1n) is 7.17. The summed E-state index contributed by atoms with van der Waals surface area (Å²) in [6.45, 7) is 4.36. The number of nitrogens with one attached hydrogen (secondary N) is 1. The van der Waals surface area contributed by atoms with Crippen LogP contribution in [-0.2, 0) is 6.54 Å². The van der Waals surface area contributed by atoms with Crippen molar-refractivity contribution in [3.05, 3.63) is 11.7 Å². The molecule has 5 heteroatoms. The number of rotatable bonds is 3. The van der Waals surface area contributed by atoms with Gasteiger partial charge in [-0.05, 0) is 38.1 Å². The molecule has 0 bridgehead atoms. The van der Waals surface area contributed by atoms with E-state index < -0.39 is 0 Å². The summed E-state index contributed by atoms with van der Waals surface area (Å²) in [6, 6.07) is 0.688. The van der Waals surface area contributed by atoms with Gasteiger partial charge in [0.25, 0.3) is 0 Å². The van der Waals surface area contributed by atoms with Crippen LogP contribution in [-0.4, -0.2) is 40.7 Å². The van der Waals surface area contributed by atoms with Gasteiger partial charge in [0.2, 0.25) is 5.89 Å². The zero-order valence-corrected chi connectivity index (χ0v) is 10.6. The molecule has 18 heavy (non-hydrogen) atoms. The second kappa shape index (κ2) is 4.31. The monoisotopic (exact) mass is 248 g/mol. The number of aromatic nitrogens is 2. The van der Waals surface area contributed by atoms with Crippen molar-refractivity contribution in [1.82, 2.24) is 20.4 Å². The highest BCUT2D eigenvalue weighted by molar-refractivity contribution is 5.02. The van der Waals surface area contributed by atoms with Crippen LogP contribution in [0.5, 0.6) is 0 Å². The second-order valence-electron chi connectivity index (χ2n) is 5.98. The van der Waals surface area contributed by atoms with Crippen molar-refractivity contribution in [3.8, 4) is 0 Å². The molecule has 1 saturated carbocycles. The number of nitrogens with zero attached hydrogens (tertiary/aromatic N) is 3. The molecule has 4 rings (SSSR count). The van der Waals surface area contributed by atoms with Gasteiger partial charge in [0.15, 0.2) is 5.82 Å². The summed E-state index contributed by atoms with van der Waals surface area (Å²) in [5.41, 5.74) is 0. The lowest BCUT2D eigenvalue weighted by atomic mass is 9.94. The van der Waals surface area contributed by atoms with Gasteiger partial charge in [-0.15, -0.1) is 0 Å². The lowest BCUT2D eigenvalue weighted by molar-refractivity contribution is 0.296. The molecule has 1 aliphatic carbocycles. The molecule has 2 aliphatic heterocycles. The van der Waals surface area contributed by atoms with Crippen molar-refractivity contribution >= 4 is 0 Å². The molecule has 1 aromatic rings. The van der Waals surface area contributed by atoms with Crippen molar-refractivity contribution < 1.29 is 4.52 Å². The highest BCUT2D eigenvalue weighted by Gasteiger charge is 2.35. The Hall–Kier alpha value is -0.940. The van der Waals surface area contributed by atoms with Crippen molar-refractivity contribution in [1.29, 1.82) is 0 Å². The van der Waals surface area contributed by atoms with Crippen LogP contribution in [0, 0.1) is 5.92 Å². The molecule has 0 aromatic carbocycles. The van der Waals surface area contributed by atoms with Gasteiger partial charge < -0.3 is 9.84 Å². The van der Waals surface area contributed by atoms with Crippen LogP contribution in [0.2, 0.25) is 0 Å². The number of likely N-dealkylation sites (tertiary alicyclic amines) is 1. The smallest absolute Gasteiger partial charge is 0.229 e. The molecule has 5 nitrogen and oxygen atoms in total. The Kier molecular flexibility index (Phi) is 2.62. The number of hydrogen-bond acceptors (Lipinski definition) is 5. The number of fused-ring (bicyclic) bond motifs is 1. The minimum Gasteiger partial charge on any atom is -0.339 e. The van der Waals surface area contributed by atoms with Crippen LogP contribution in [0.3, 0.4) is 0 Å². The standard InChI is InChI=1S/C13H20N4O/c1-2-10-6-17(7-11(10)14-5-1)8-12-15-13(18-16-12)9-3-4-9/h9-11,14H,1-8H2/t10-,11+/m0/s1. The lowest BCUT2D eigenvalue weighted by Crippen LogP contribution is -2.40. The highest BCUT2D eigenvalue weighted by atomic mass is 16.5. The largest absolute Gasteiger partial charge is 0.339 e. The van der Waals surface area contributed by atoms with Gasteiger partial charge in [0.1, 0.15) is 0 Å². The van der Waals surface area contributed by atoms with Gasteiger partial charge in [-0.3, -0.25) is 4.90 Å². The van der Waals surface area contributed by atoms with Crippen molar-refractivity contribution in [2.45, 2.75) is 44.2 Å². The van der Waals surface area contributed by atoms with Crippen LogP contribution >= 0.6 is 0 Å². The predicted octanol–water partition coefficient (Wildman–Crippen LogP) is 1.13. The average molecular weight is 248 g/mol. The molecule has 0 amide bonds. The van der Waals surface area contributed by atoms with E-state index in [2.05, 4.69) is 20.4 Å². The van der Waals surface area contributed by atoms with E-state index in [1.54, 1.807) is 0 Å². The Bertz CT molecular complexity index is 414. The summed E-state index contributed by atoms with van der Waals surface area (Å²) < 4.78 is 5.31. The zero-order chi connectivity index (χ0) is 11.9. The summed E-state index contributed by atoms with van der Waals surface area (Å²) >= 11 is 0. The Labute approximate surface area is 107 Å². The van der Waals surface area contributed by atoms with Crippen LogP contribution in [0.15, 0.2) is 4.52 Å². The highest BCUT2D eigenvalue weighted by Crippen LogP contribution is 2.39. The second-order valence-corrected chi connectivity index (χ2v) is 5.98. The van der Waals surface area contributed by atoms with E-state index >= 15 is 0 Å². The fourth-order valence-corrected chi connectivity index (χ4v) is 3.29. The molecule has 3 aliphatic rings. The Morgan fingerprint density at radius 3 is 3.06 bits per heavy atom. The van der Waals surface area contributed by atoms with E-state index in [0.29, 0.717) is 12.0 Å². The molecular formula is C13H20N4O. The fraction of sp³-hybridized carbons (Fsp3) is 0.846. The SMILES string of the molecule is C1CN[C@@H]2CN(Cc3noc(C4CC4)n3)C[C@@H]2C1. The van der Waals surface area contributed by atoms with E-state index in [1.807, 2.05) is 0 Å². The van der Waals surface area contributed by atoms with Gasteiger partial charge >= 0.3 is 0 Å². The van der Waals surface area contributed by atoms with Crippen LogP contribution < -0.4 is 5.32 Å². The van der Waals surface area contributed by atoms with Crippen molar-refractivity contribution in [2.75, 3.05) is 19.6 Å². The summed E-state index contributed by atoms with van der Waals surface area (Å²) in [5.74, 6) is 3.12. The Morgan fingerprint density at radius 2 is 2.22 bits per heavy atom. The molecule has 3 heterocycles. The molecule has 3 fully saturated rings. The summed E-state index contributed by atoms with van der Waals surface area (Å²) in [4.78, 5) is 6.98. The van der Waals surface area contributed by atoms with Crippen molar-refractivity contribution in [3.63, 3.8) is 0 Å². The first-order chi connectivity index (χ1) is 8.88. The minimum absolute atomic E-state index is 0.564. The Morgan fingerprint density at radius 1 is 1.28 bits per heavy atom. The van der Waals surface area contributed by atoms with E-state index in [-0.39, 0.29) is 0 Å². The topological polar surface area (TPSA) is 54.2 Å². The first-order valence-corrected chi connectivity index (χ1v) is 7.17. The normalized spacial score (nSPS) is 32.7. The Balaban J connectivity index is 1.39. The molecule has 1 N–H and O–H groups in total. The third-order valence-corrected chi connectivity index (χ3v) is 4.45. The number of hydrogen-bond donors (Lipinski definition) is 1.